The van der Waals surface area contributed by atoms with Crippen LogP contribution < -0.4 is 4.74 Å². The molecule has 0 unspecified atom stereocenters. The van der Waals surface area contributed by atoms with Crippen LogP contribution in [0.2, 0.25) is 0 Å². The molecule has 3 nitrogen and oxygen atoms in total. The fourth-order valence-electron chi connectivity index (χ4n) is 2.45. The summed E-state index contributed by atoms with van der Waals surface area (Å²) in [5, 5.41) is 0. The van der Waals surface area contributed by atoms with Crippen molar-refractivity contribution in [3.8, 4) is 5.75 Å². The normalized spacial score (nSPS) is 10.8. The smallest absolute Gasteiger partial charge is 0.202 e. The third-order valence-electron chi connectivity index (χ3n) is 4.23. The van der Waals surface area contributed by atoms with Crippen LogP contribution in [0.1, 0.15) is 38.4 Å². The van der Waals surface area contributed by atoms with Gasteiger partial charge >= 0.3 is 0 Å². The number of rotatable bonds is 4. The maximum absolute atomic E-state index is 12.3. The second kappa shape index (κ2) is 5.76. The molecule has 21 heavy (non-hydrogen) atoms. The van der Waals surface area contributed by atoms with Gasteiger partial charge in [-0.05, 0) is 63.4 Å². The molecule has 0 saturated heterocycles. The van der Waals surface area contributed by atoms with E-state index in [-0.39, 0.29) is 12.4 Å². The van der Waals surface area contributed by atoms with Crippen molar-refractivity contribution >= 4 is 5.78 Å². The molecule has 0 amide bonds. The number of ketones is 1. The molecular formula is C18H23NO2. The summed E-state index contributed by atoms with van der Waals surface area (Å²) in [5.41, 5.74) is 6.29. The van der Waals surface area contributed by atoms with E-state index in [1.54, 1.807) is 0 Å². The number of ether oxygens (including phenoxy) is 1. The highest BCUT2D eigenvalue weighted by Crippen LogP contribution is 2.23. The van der Waals surface area contributed by atoms with Gasteiger partial charge in [-0.15, -0.1) is 0 Å². The molecule has 1 aromatic carbocycles. The molecule has 112 valence electrons. The molecule has 0 N–H and O–H groups in total. The number of nitrogens with zero attached hydrogens (tertiary/aromatic N) is 1. The lowest BCUT2D eigenvalue weighted by atomic mass is 10.1. The average molecular weight is 285 g/mol. The highest BCUT2D eigenvalue weighted by molar-refractivity contribution is 5.98. The predicted octanol–water partition coefficient (Wildman–Crippen LogP) is 3.83. The van der Waals surface area contributed by atoms with Gasteiger partial charge in [0.05, 0.1) is 0 Å². The lowest BCUT2D eigenvalue weighted by molar-refractivity contribution is 0.0920. The Morgan fingerprint density at radius 2 is 1.62 bits per heavy atom. The minimum absolute atomic E-state index is 0.0221. The van der Waals surface area contributed by atoms with Crippen molar-refractivity contribution in [2.75, 3.05) is 6.61 Å². The van der Waals surface area contributed by atoms with Crippen LogP contribution in [0.5, 0.6) is 5.75 Å². The maximum Gasteiger partial charge on any atom is 0.202 e. The summed E-state index contributed by atoms with van der Waals surface area (Å²) in [6.07, 6.45) is 0. The van der Waals surface area contributed by atoms with Gasteiger partial charge in [-0.1, -0.05) is 6.07 Å². The largest absolute Gasteiger partial charge is 0.485 e. The zero-order valence-corrected chi connectivity index (χ0v) is 13.7. The lowest BCUT2D eigenvalue weighted by Crippen LogP contribution is -2.13. The van der Waals surface area contributed by atoms with E-state index in [4.69, 9.17) is 4.74 Å². The summed E-state index contributed by atoms with van der Waals surface area (Å²) >= 11 is 0. The van der Waals surface area contributed by atoms with E-state index >= 15 is 0 Å². The first-order chi connectivity index (χ1) is 9.81. The maximum atomic E-state index is 12.3. The average Bonchev–Trinajstić information content (AvgIpc) is 2.69. The van der Waals surface area contributed by atoms with Crippen molar-refractivity contribution in [2.24, 2.45) is 7.05 Å². The van der Waals surface area contributed by atoms with Gasteiger partial charge in [0.15, 0.2) is 6.61 Å². The Balaban J connectivity index is 2.15. The van der Waals surface area contributed by atoms with Gasteiger partial charge in [0.2, 0.25) is 5.78 Å². The minimum atomic E-state index is 0.0221. The highest BCUT2D eigenvalue weighted by Gasteiger charge is 2.15. The molecule has 0 bridgehead atoms. The molecular weight excluding hydrogens is 262 g/mol. The van der Waals surface area contributed by atoms with E-state index in [0.717, 1.165) is 28.3 Å². The second-order valence-corrected chi connectivity index (χ2v) is 5.76. The Morgan fingerprint density at radius 1 is 1.00 bits per heavy atom. The van der Waals surface area contributed by atoms with Crippen molar-refractivity contribution in [1.29, 1.82) is 0 Å². The van der Waals surface area contributed by atoms with Gasteiger partial charge in [0, 0.05) is 24.0 Å². The van der Waals surface area contributed by atoms with Gasteiger partial charge in [0.25, 0.3) is 0 Å². The molecule has 0 aliphatic carbocycles. The number of hydrogen-bond donors (Lipinski definition) is 0. The van der Waals surface area contributed by atoms with Crippen molar-refractivity contribution in [1.82, 2.24) is 4.57 Å². The van der Waals surface area contributed by atoms with Crippen LogP contribution in [-0.2, 0) is 7.05 Å². The number of benzene rings is 1. The third kappa shape index (κ3) is 3.02. The van der Waals surface area contributed by atoms with Crippen molar-refractivity contribution in [3.63, 3.8) is 0 Å². The van der Waals surface area contributed by atoms with E-state index in [0.29, 0.717) is 0 Å². The molecule has 0 aliphatic heterocycles. The fraction of sp³-hybridized carbons (Fsp3) is 0.389. The van der Waals surface area contributed by atoms with Gasteiger partial charge in [0.1, 0.15) is 5.75 Å². The minimum Gasteiger partial charge on any atom is -0.485 e. The summed E-state index contributed by atoms with van der Waals surface area (Å²) < 4.78 is 7.76. The van der Waals surface area contributed by atoms with E-state index in [1.807, 2.05) is 51.4 Å². The van der Waals surface area contributed by atoms with Gasteiger partial charge < -0.3 is 9.30 Å². The van der Waals surface area contributed by atoms with Crippen LogP contribution in [0.4, 0.5) is 0 Å². The van der Waals surface area contributed by atoms with Crippen molar-refractivity contribution in [2.45, 2.75) is 34.6 Å². The van der Waals surface area contributed by atoms with Crippen molar-refractivity contribution in [3.05, 3.63) is 51.8 Å². The van der Waals surface area contributed by atoms with Crippen LogP contribution in [0, 0.1) is 34.6 Å². The summed E-state index contributed by atoms with van der Waals surface area (Å²) in [4.78, 5) is 12.3. The molecule has 0 aliphatic rings. The van der Waals surface area contributed by atoms with E-state index in [1.165, 1.54) is 11.1 Å². The Morgan fingerprint density at radius 3 is 2.19 bits per heavy atom. The molecule has 0 spiro atoms. The van der Waals surface area contributed by atoms with Crippen LogP contribution in [-0.4, -0.2) is 17.0 Å². The number of carbonyl (C=O) groups is 1. The molecule has 0 radical (unpaired) electrons. The summed E-state index contributed by atoms with van der Waals surface area (Å²) in [6, 6.07) is 6.02. The van der Waals surface area contributed by atoms with Crippen molar-refractivity contribution < 1.29 is 9.53 Å². The van der Waals surface area contributed by atoms with Gasteiger partial charge in [-0.3, -0.25) is 4.79 Å². The third-order valence-corrected chi connectivity index (χ3v) is 4.23. The van der Waals surface area contributed by atoms with E-state index < -0.39 is 0 Å². The van der Waals surface area contributed by atoms with Crippen LogP contribution in [0.25, 0.3) is 0 Å². The van der Waals surface area contributed by atoms with Crippen LogP contribution in [0.3, 0.4) is 0 Å². The van der Waals surface area contributed by atoms with Crippen LogP contribution >= 0.6 is 0 Å². The second-order valence-electron chi connectivity index (χ2n) is 5.76. The number of carbonyl (C=O) groups excluding carboxylic acids is 1. The zero-order valence-electron chi connectivity index (χ0n) is 13.7. The molecule has 2 aromatic rings. The Bertz CT molecular complexity index is 696. The Hall–Kier alpha value is -2.03. The first kappa shape index (κ1) is 15.4. The molecule has 3 heteroatoms. The molecule has 1 aromatic heterocycles. The first-order valence-corrected chi connectivity index (χ1v) is 7.18. The van der Waals surface area contributed by atoms with Gasteiger partial charge in [-0.25, -0.2) is 0 Å². The number of hydrogen-bond acceptors (Lipinski definition) is 2. The standard InChI is InChI=1S/C18H23NO2/c1-11-7-13(3)18(8-12(11)2)21-10-17(20)16-9-14(4)19(6)15(16)5/h7-9H,10H2,1-6H3. The number of aryl methyl sites for hydroxylation is 4. The van der Waals surface area contributed by atoms with E-state index in [2.05, 4.69) is 13.0 Å². The zero-order chi connectivity index (χ0) is 15.7. The molecule has 0 atom stereocenters. The number of Topliss-reactive ketones (excluding diaryl/α,β-unsaturated/α-hetero) is 1. The quantitative estimate of drug-likeness (QED) is 0.799. The summed E-state index contributed by atoms with van der Waals surface area (Å²) in [6.45, 7) is 10.2. The molecule has 2 rings (SSSR count). The SMILES string of the molecule is Cc1cc(C)c(OCC(=O)c2cc(C)n(C)c2C)cc1C. The fourth-order valence-corrected chi connectivity index (χ4v) is 2.45. The summed E-state index contributed by atoms with van der Waals surface area (Å²) in [7, 11) is 1.97. The first-order valence-electron chi connectivity index (χ1n) is 7.18. The number of aromatic nitrogens is 1. The Kier molecular flexibility index (Phi) is 4.21. The summed E-state index contributed by atoms with van der Waals surface area (Å²) in [5.74, 6) is 0.811. The molecule has 1 heterocycles. The predicted molar refractivity (Wildman–Crippen MR) is 85.4 cm³/mol. The topological polar surface area (TPSA) is 31.2 Å². The van der Waals surface area contributed by atoms with E-state index in [9.17, 15) is 4.79 Å². The molecule has 0 fully saturated rings. The Labute approximate surface area is 126 Å². The molecule has 0 saturated carbocycles. The lowest BCUT2D eigenvalue weighted by Gasteiger charge is -2.11. The highest BCUT2D eigenvalue weighted by atomic mass is 16.5. The monoisotopic (exact) mass is 285 g/mol. The van der Waals surface area contributed by atoms with Crippen LogP contribution in [0.15, 0.2) is 18.2 Å². The van der Waals surface area contributed by atoms with Gasteiger partial charge in [-0.2, -0.15) is 0 Å².